The third-order valence-corrected chi connectivity index (χ3v) is 14.3. The van der Waals surface area contributed by atoms with Gasteiger partial charge in [-0.1, -0.05) is 274 Å². The number of aliphatic hydroxyl groups excluding tert-OH is 2. The number of amides is 1. The molecule has 0 spiro atoms. The van der Waals surface area contributed by atoms with Crippen LogP contribution in [0.1, 0.15) is 328 Å². The van der Waals surface area contributed by atoms with Gasteiger partial charge in [0.25, 0.3) is 0 Å². The van der Waals surface area contributed by atoms with Crippen molar-refractivity contribution >= 4 is 11.9 Å². The van der Waals surface area contributed by atoms with Gasteiger partial charge in [-0.2, -0.15) is 0 Å². The maximum atomic E-state index is 12.5. The summed E-state index contributed by atoms with van der Waals surface area (Å²) in [5, 5.41) is 23.2. The Morgan fingerprint density at radius 1 is 0.394 bits per heavy atom. The van der Waals surface area contributed by atoms with Crippen molar-refractivity contribution in [2.45, 2.75) is 341 Å². The SMILES string of the molecule is CCCCC/C=C\C/C=C\CCCCCCCCCCCC(=O)OCCCCCCCCC/C=C\CCCCCCCC(=O)NC(CO)C(O)/C=C/CCCCCCCCCCCCCCCCCCC. The number of esters is 1. The number of hydrogen-bond donors (Lipinski definition) is 3. The van der Waals surface area contributed by atoms with E-state index in [0.717, 1.165) is 70.6 Å². The fraction of sp³-hybridized carbons (Fsp3) is 0.846. The highest BCUT2D eigenvalue weighted by atomic mass is 16.5. The largest absolute Gasteiger partial charge is 0.466 e. The highest BCUT2D eigenvalue weighted by Gasteiger charge is 2.18. The summed E-state index contributed by atoms with van der Waals surface area (Å²) in [5.74, 6) is -0.0913. The van der Waals surface area contributed by atoms with Crippen LogP contribution in [0.5, 0.6) is 0 Å². The van der Waals surface area contributed by atoms with Crippen LogP contribution in [0.4, 0.5) is 0 Å². The summed E-state index contributed by atoms with van der Waals surface area (Å²) in [6.07, 6.45) is 77.1. The van der Waals surface area contributed by atoms with Gasteiger partial charge < -0.3 is 20.3 Å². The Kier molecular flexibility index (Phi) is 58.5. The summed E-state index contributed by atoms with van der Waals surface area (Å²) in [7, 11) is 0. The molecule has 0 aliphatic rings. The molecule has 0 heterocycles. The van der Waals surface area contributed by atoms with Crippen molar-refractivity contribution in [3.63, 3.8) is 0 Å². The van der Waals surface area contributed by atoms with Crippen LogP contribution in [0, 0.1) is 0 Å². The second-order valence-electron chi connectivity index (χ2n) is 21.4. The van der Waals surface area contributed by atoms with Crippen LogP contribution >= 0.6 is 0 Å². The quantitative estimate of drug-likeness (QED) is 0.0321. The van der Waals surface area contributed by atoms with E-state index >= 15 is 0 Å². The Balaban J connectivity index is 3.49. The Morgan fingerprint density at radius 3 is 1.11 bits per heavy atom. The van der Waals surface area contributed by atoms with E-state index in [1.54, 1.807) is 6.08 Å². The number of allylic oxidation sites excluding steroid dienone is 7. The molecule has 2 atom stereocenters. The number of ether oxygens (including phenoxy) is 1. The lowest BCUT2D eigenvalue weighted by Crippen LogP contribution is -2.45. The molecule has 0 aromatic heterocycles. The number of carbonyl (C=O) groups is 2. The molecule has 0 rings (SSSR count). The third-order valence-electron chi connectivity index (χ3n) is 14.3. The number of nitrogens with one attached hydrogen (secondary N) is 1. The topological polar surface area (TPSA) is 95.9 Å². The number of carbonyl (C=O) groups excluding carboxylic acids is 2. The zero-order valence-electron chi connectivity index (χ0n) is 47.5. The highest BCUT2D eigenvalue weighted by Crippen LogP contribution is 2.17. The van der Waals surface area contributed by atoms with Gasteiger partial charge in [0.2, 0.25) is 5.91 Å². The lowest BCUT2D eigenvalue weighted by molar-refractivity contribution is -0.143. The zero-order chi connectivity index (χ0) is 51.4. The van der Waals surface area contributed by atoms with Gasteiger partial charge in [0.1, 0.15) is 0 Å². The second kappa shape index (κ2) is 60.4. The third kappa shape index (κ3) is 57.0. The molecule has 3 N–H and O–H groups in total. The summed E-state index contributed by atoms with van der Waals surface area (Å²) < 4.78 is 5.49. The molecule has 416 valence electrons. The van der Waals surface area contributed by atoms with Crippen LogP contribution < -0.4 is 5.32 Å². The Morgan fingerprint density at radius 2 is 0.704 bits per heavy atom. The van der Waals surface area contributed by atoms with Crippen LogP contribution in [0.25, 0.3) is 0 Å². The zero-order valence-corrected chi connectivity index (χ0v) is 47.5. The van der Waals surface area contributed by atoms with Crippen molar-refractivity contribution in [2.75, 3.05) is 13.2 Å². The molecule has 6 nitrogen and oxygen atoms in total. The molecular formula is C65H121NO5. The molecule has 0 radical (unpaired) electrons. The van der Waals surface area contributed by atoms with Gasteiger partial charge in [0, 0.05) is 12.8 Å². The molecule has 0 fully saturated rings. The molecule has 0 saturated carbocycles. The molecule has 2 unspecified atom stereocenters. The van der Waals surface area contributed by atoms with Gasteiger partial charge in [0.15, 0.2) is 0 Å². The molecule has 0 aliphatic carbocycles. The van der Waals surface area contributed by atoms with E-state index in [0.29, 0.717) is 19.4 Å². The standard InChI is InChI=1S/C65H121NO5/c1-3-5-7-9-11-13-15-17-19-21-23-25-29-33-37-41-45-49-53-57-63(68)62(61-67)66-64(69)58-54-50-46-42-38-34-30-27-28-32-36-40-44-48-52-56-60-71-65(70)59-55-51-47-43-39-35-31-26-24-22-20-18-16-14-12-10-8-6-4-2/h12,14,18,20,27,30,53,57,62-63,67-68H,3-11,13,15-17,19,21-26,28-29,31-52,54-56,58-61H2,1-2H3,(H,66,69)/b14-12-,20-18-,30-27-,57-53+. The number of hydrogen-bond acceptors (Lipinski definition) is 5. The molecular weight excluding hydrogens is 875 g/mol. The van der Waals surface area contributed by atoms with Gasteiger partial charge >= 0.3 is 5.97 Å². The van der Waals surface area contributed by atoms with Crippen LogP contribution in [-0.2, 0) is 14.3 Å². The lowest BCUT2D eigenvalue weighted by atomic mass is 10.0. The van der Waals surface area contributed by atoms with Crippen molar-refractivity contribution in [2.24, 2.45) is 0 Å². The van der Waals surface area contributed by atoms with E-state index in [-0.39, 0.29) is 18.5 Å². The van der Waals surface area contributed by atoms with E-state index in [4.69, 9.17) is 4.74 Å². The lowest BCUT2D eigenvalue weighted by Gasteiger charge is -2.20. The average Bonchev–Trinajstić information content (AvgIpc) is 3.37. The van der Waals surface area contributed by atoms with Gasteiger partial charge in [-0.05, 0) is 89.9 Å². The van der Waals surface area contributed by atoms with Gasteiger partial charge in [-0.25, -0.2) is 0 Å². The smallest absolute Gasteiger partial charge is 0.305 e. The summed E-state index contributed by atoms with van der Waals surface area (Å²) >= 11 is 0. The second-order valence-corrected chi connectivity index (χ2v) is 21.4. The summed E-state index contributed by atoms with van der Waals surface area (Å²) in [5.41, 5.74) is 0. The van der Waals surface area contributed by atoms with E-state index in [1.807, 2.05) is 6.08 Å². The monoisotopic (exact) mass is 996 g/mol. The number of unbranched alkanes of at least 4 members (excludes halogenated alkanes) is 41. The first-order valence-corrected chi connectivity index (χ1v) is 31.4. The molecule has 0 bridgehead atoms. The first-order chi connectivity index (χ1) is 35.0. The number of aliphatic hydroxyl groups is 2. The molecule has 0 aromatic rings. The van der Waals surface area contributed by atoms with Crippen molar-refractivity contribution in [1.82, 2.24) is 5.32 Å². The fourth-order valence-electron chi connectivity index (χ4n) is 9.48. The molecule has 71 heavy (non-hydrogen) atoms. The first kappa shape index (κ1) is 68.8. The molecule has 0 aromatic carbocycles. The summed E-state index contributed by atoms with van der Waals surface area (Å²) in [6.45, 7) is 4.87. The molecule has 0 saturated heterocycles. The minimum absolute atomic E-state index is 0.00764. The van der Waals surface area contributed by atoms with Gasteiger partial charge in [0.05, 0.1) is 25.4 Å². The predicted molar refractivity (Wildman–Crippen MR) is 310 cm³/mol. The van der Waals surface area contributed by atoms with Crippen LogP contribution in [-0.4, -0.2) is 47.4 Å². The van der Waals surface area contributed by atoms with Gasteiger partial charge in [-0.15, -0.1) is 0 Å². The molecule has 0 aliphatic heterocycles. The minimum atomic E-state index is -0.857. The van der Waals surface area contributed by atoms with Crippen LogP contribution in [0.3, 0.4) is 0 Å². The highest BCUT2D eigenvalue weighted by molar-refractivity contribution is 5.76. The average molecular weight is 997 g/mol. The van der Waals surface area contributed by atoms with Crippen LogP contribution in [0.15, 0.2) is 48.6 Å². The fourth-order valence-corrected chi connectivity index (χ4v) is 9.48. The van der Waals surface area contributed by atoms with Crippen molar-refractivity contribution < 1.29 is 24.5 Å². The van der Waals surface area contributed by atoms with E-state index in [2.05, 4.69) is 55.6 Å². The van der Waals surface area contributed by atoms with Crippen LogP contribution in [0.2, 0.25) is 0 Å². The van der Waals surface area contributed by atoms with Crippen molar-refractivity contribution in [3.8, 4) is 0 Å². The van der Waals surface area contributed by atoms with Crippen molar-refractivity contribution in [1.29, 1.82) is 0 Å². The van der Waals surface area contributed by atoms with Gasteiger partial charge in [-0.3, -0.25) is 9.59 Å². The maximum absolute atomic E-state index is 12.5. The summed E-state index contributed by atoms with van der Waals surface area (Å²) in [6, 6.07) is -0.642. The Labute approximate surface area is 442 Å². The predicted octanol–water partition coefficient (Wildman–Crippen LogP) is 19.7. The molecule has 6 heteroatoms. The van der Waals surface area contributed by atoms with Crippen molar-refractivity contribution in [3.05, 3.63) is 48.6 Å². The Bertz CT molecular complexity index is 1190. The minimum Gasteiger partial charge on any atom is -0.466 e. The van der Waals surface area contributed by atoms with E-state index in [1.165, 1.54) is 231 Å². The summed E-state index contributed by atoms with van der Waals surface area (Å²) in [4.78, 5) is 24.6. The molecule has 1 amide bonds. The van der Waals surface area contributed by atoms with E-state index < -0.39 is 12.1 Å². The van der Waals surface area contributed by atoms with E-state index in [9.17, 15) is 19.8 Å². The Hall–Kier alpha value is -2.18. The number of rotatable bonds is 58. The first-order valence-electron chi connectivity index (χ1n) is 31.4. The maximum Gasteiger partial charge on any atom is 0.305 e. The normalized spacial score (nSPS) is 12.9.